The van der Waals surface area contributed by atoms with Crippen LogP contribution < -0.4 is 5.32 Å². The molecule has 0 unspecified atom stereocenters. The SMILES string of the molecule is CCNCc1cc(Cl)cc(F)c1O. The van der Waals surface area contributed by atoms with E-state index in [-0.39, 0.29) is 5.75 Å². The van der Waals surface area contributed by atoms with Crippen LogP contribution >= 0.6 is 11.6 Å². The van der Waals surface area contributed by atoms with Crippen molar-refractivity contribution in [2.45, 2.75) is 13.5 Å². The molecule has 0 radical (unpaired) electrons. The molecule has 0 spiro atoms. The van der Waals surface area contributed by atoms with Gasteiger partial charge in [0.05, 0.1) is 0 Å². The van der Waals surface area contributed by atoms with Crippen molar-refractivity contribution in [3.63, 3.8) is 0 Å². The molecule has 2 N–H and O–H groups in total. The average Bonchev–Trinajstić information content (AvgIpc) is 2.09. The molecule has 1 aromatic rings. The molecular weight excluding hydrogens is 193 g/mol. The molecule has 0 bridgehead atoms. The third kappa shape index (κ3) is 2.57. The minimum Gasteiger partial charge on any atom is -0.505 e. The predicted molar refractivity (Wildman–Crippen MR) is 50.5 cm³/mol. The molecule has 0 amide bonds. The van der Waals surface area contributed by atoms with Crippen molar-refractivity contribution >= 4 is 11.6 Å². The van der Waals surface area contributed by atoms with Gasteiger partial charge in [0.2, 0.25) is 0 Å². The van der Waals surface area contributed by atoms with Crippen molar-refractivity contribution in [1.82, 2.24) is 5.32 Å². The van der Waals surface area contributed by atoms with E-state index in [1.807, 2.05) is 6.92 Å². The Hall–Kier alpha value is -0.800. The summed E-state index contributed by atoms with van der Waals surface area (Å²) in [6.45, 7) is 3.10. The normalized spacial score (nSPS) is 10.4. The lowest BCUT2D eigenvalue weighted by Gasteiger charge is -2.06. The van der Waals surface area contributed by atoms with E-state index in [1.165, 1.54) is 0 Å². The molecule has 0 fully saturated rings. The first-order chi connectivity index (χ1) is 6.15. The Kier molecular flexibility index (Phi) is 3.51. The third-order valence-corrected chi connectivity index (χ3v) is 1.89. The molecule has 1 rings (SSSR count). The fourth-order valence-electron chi connectivity index (χ4n) is 1.01. The van der Waals surface area contributed by atoms with Gasteiger partial charge >= 0.3 is 0 Å². The lowest BCUT2D eigenvalue weighted by Crippen LogP contribution is -2.12. The maximum absolute atomic E-state index is 12.9. The number of hydrogen-bond acceptors (Lipinski definition) is 2. The molecule has 72 valence electrons. The van der Waals surface area contributed by atoms with E-state index in [0.717, 1.165) is 12.6 Å². The third-order valence-electron chi connectivity index (χ3n) is 1.67. The first-order valence-electron chi connectivity index (χ1n) is 4.02. The highest BCUT2D eigenvalue weighted by molar-refractivity contribution is 6.30. The van der Waals surface area contributed by atoms with Gasteiger partial charge in [-0.15, -0.1) is 0 Å². The second-order valence-corrected chi connectivity index (χ2v) is 3.11. The zero-order valence-electron chi connectivity index (χ0n) is 7.27. The minimum absolute atomic E-state index is 0.295. The lowest BCUT2D eigenvalue weighted by molar-refractivity contribution is 0.423. The Bertz CT molecular complexity index is 304. The van der Waals surface area contributed by atoms with Gasteiger partial charge in [-0.05, 0) is 18.7 Å². The van der Waals surface area contributed by atoms with Crippen LogP contribution in [0.25, 0.3) is 0 Å². The Morgan fingerprint density at radius 1 is 1.54 bits per heavy atom. The summed E-state index contributed by atoms with van der Waals surface area (Å²) in [6, 6.07) is 2.63. The van der Waals surface area contributed by atoms with Crippen LogP contribution in [-0.2, 0) is 6.54 Å². The average molecular weight is 204 g/mol. The van der Waals surface area contributed by atoms with Crippen LogP contribution in [0, 0.1) is 5.82 Å². The molecule has 0 saturated carbocycles. The maximum Gasteiger partial charge on any atom is 0.166 e. The largest absolute Gasteiger partial charge is 0.505 e. The summed E-state index contributed by atoms with van der Waals surface area (Å²) < 4.78 is 12.9. The molecule has 0 aliphatic rings. The minimum atomic E-state index is -0.680. The molecular formula is C9H11ClFNO. The smallest absolute Gasteiger partial charge is 0.166 e. The van der Waals surface area contributed by atoms with Gasteiger partial charge in [0, 0.05) is 17.1 Å². The molecule has 0 aliphatic carbocycles. The van der Waals surface area contributed by atoms with Crippen LogP contribution in [0.2, 0.25) is 5.02 Å². The van der Waals surface area contributed by atoms with Gasteiger partial charge in [-0.2, -0.15) is 0 Å². The second kappa shape index (κ2) is 4.44. The fraction of sp³-hybridized carbons (Fsp3) is 0.333. The summed E-state index contributed by atoms with van der Waals surface area (Å²) in [7, 11) is 0. The van der Waals surface area contributed by atoms with E-state index in [9.17, 15) is 9.50 Å². The summed E-state index contributed by atoms with van der Waals surface area (Å²) in [5, 5.41) is 12.5. The van der Waals surface area contributed by atoms with Gasteiger partial charge in [0.1, 0.15) is 0 Å². The molecule has 2 nitrogen and oxygen atoms in total. The summed E-state index contributed by atoms with van der Waals surface area (Å²) in [4.78, 5) is 0. The number of phenolic OH excluding ortho intramolecular Hbond substituents is 1. The van der Waals surface area contributed by atoms with Crippen molar-refractivity contribution < 1.29 is 9.50 Å². The van der Waals surface area contributed by atoms with E-state index in [2.05, 4.69) is 5.32 Å². The van der Waals surface area contributed by atoms with Crippen LogP contribution in [0.15, 0.2) is 12.1 Å². The summed E-state index contributed by atoms with van der Waals surface area (Å²) >= 11 is 5.62. The number of nitrogens with one attached hydrogen (secondary N) is 1. The molecule has 0 atom stereocenters. The van der Waals surface area contributed by atoms with Gasteiger partial charge in [0.15, 0.2) is 11.6 Å². The Morgan fingerprint density at radius 3 is 2.85 bits per heavy atom. The molecule has 4 heteroatoms. The highest BCUT2D eigenvalue weighted by Gasteiger charge is 2.07. The van der Waals surface area contributed by atoms with Crippen LogP contribution in [-0.4, -0.2) is 11.7 Å². The van der Waals surface area contributed by atoms with Gasteiger partial charge in [0.25, 0.3) is 0 Å². The number of benzene rings is 1. The zero-order chi connectivity index (χ0) is 9.84. The molecule has 13 heavy (non-hydrogen) atoms. The Labute approximate surface area is 81.3 Å². The van der Waals surface area contributed by atoms with E-state index >= 15 is 0 Å². The fourth-order valence-corrected chi connectivity index (χ4v) is 1.24. The summed E-state index contributed by atoms with van der Waals surface area (Å²) in [5.74, 6) is -1.01. The predicted octanol–water partition coefficient (Wildman–Crippen LogP) is 2.29. The first kappa shape index (κ1) is 10.3. The van der Waals surface area contributed by atoms with Gasteiger partial charge in [-0.3, -0.25) is 0 Å². The molecule has 0 saturated heterocycles. The molecule has 0 aliphatic heterocycles. The van der Waals surface area contributed by atoms with Gasteiger partial charge < -0.3 is 10.4 Å². The molecule has 0 heterocycles. The molecule has 0 aromatic heterocycles. The lowest BCUT2D eigenvalue weighted by atomic mass is 10.2. The van der Waals surface area contributed by atoms with Crippen molar-refractivity contribution in [3.8, 4) is 5.75 Å². The second-order valence-electron chi connectivity index (χ2n) is 2.68. The van der Waals surface area contributed by atoms with E-state index < -0.39 is 5.82 Å². The maximum atomic E-state index is 12.9. The number of rotatable bonds is 3. The van der Waals surface area contributed by atoms with Crippen LogP contribution in [0.4, 0.5) is 4.39 Å². The standard InChI is InChI=1S/C9H11ClFNO/c1-2-12-5-6-3-7(10)4-8(11)9(6)13/h3-4,12-13H,2,5H2,1H3. The van der Waals surface area contributed by atoms with E-state index in [1.54, 1.807) is 6.07 Å². The van der Waals surface area contributed by atoms with E-state index in [4.69, 9.17) is 11.6 Å². The highest BCUT2D eigenvalue weighted by Crippen LogP contribution is 2.25. The van der Waals surface area contributed by atoms with Crippen LogP contribution in [0.1, 0.15) is 12.5 Å². The van der Waals surface area contributed by atoms with Gasteiger partial charge in [-0.1, -0.05) is 18.5 Å². The number of aromatic hydroxyl groups is 1. The monoisotopic (exact) mass is 203 g/mol. The number of phenols is 1. The summed E-state index contributed by atoms with van der Waals surface area (Å²) in [6.07, 6.45) is 0. The quantitative estimate of drug-likeness (QED) is 0.790. The van der Waals surface area contributed by atoms with Gasteiger partial charge in [-0.25, -0.2) is 4.39 Å². The zero-order valence-corrected chi connectivity index (χ0v) is 8.03. The summed E-state index contributed by atoms with van der Waals surface area (Å²) in [5.41, 5.74) is 0.479. The Balaban J connectivity index is 2.92. The number of halogens is 2. The van der Waals surface area contributed by atoms with Crippen molar-refractivity contribution in [1.29, 1.82) is 0 Å². The van der Waals surface area contributed by atoms with Crippen molar-refractivity contribution in [2.75, 3.05) is 6.54 Å². The van der Waals surface area contributed by atoms with Crippen molar-refractivity contribution in [3.05, 3.63) is 28.5 Å². The highest BCUT2D eigenvalue weighted by atomic mass is 35.5. The first-order valence-corrected chi connectivity index (χ1v) is 4.40. The Morgan fingerprint density at radius 2 is 2.23 bits per heavy atom. The number of hydrogen-bond donors (Lipinski definition) is 2. The molecule has 1 aromatic carbocycles. The topological polar surface area (TPSA) is 32.3 Å². The van der Waals surface area contributed by atoms with Crippen LogP contribution in [0.5, 0.6) is 5.75 Å². The van der Waals surface area contributed by atoms with Crippen molar-refractivity contribution in [2.24, 2.45) is 0 Å². The van der Waals surface area contributed by atoms with Crippen LogP contribution in [0.3, 0.4) is 0 Å². The van der Waals surface area contributed by atoms with E-state index in [0.29, 0.717) is 17.1 Å².